The first kappa shape index (κ1) is 16.6. The van der Waals surface area contributed by atoms with Crippen LogP contribution in [0.5, 0.6) is 0 Å². The van der Waals surface area contributed by atoms with Gasteiger partial charge in [-0.3, -0.25) is 14.6 Å². The van der Waals surface area contributed by atoms with Crippen molar-refractivity contribution in [2.45, 2.75) is 6.42 Å². The number of amides is 1. The first-order valence-corrected chi connectivity index (χ1v) is 7.86. The van der Waals surface area contributed by atoms with E-state index >= 15 is 0 Å². The third-order valence-corrected chi connectivity index (χ3v) is 3.61. The molecule has 25 heavy (non-hydrogen) atoms. The van der Waals surface area contributed by atoms with E-state index in [-0.39, 0.29) is 23.7 Å². The summed E-state index contributed by atoms with van der Waals surface area (Å²) in [5.74, 6) is -0.214. The summed E-state index contributed by atoms with van der Waals surface area (Å²) in [5, 5.41) is 6.22. The van der Waals surface area contributed by atoms with E-state index in [0.29, 0.717) is 35.5 Å². The first-order valence-electron chi connectivity index (χ1n) is 7.86. The summed E-state index contributed by atoms with van der Waals surface area (Å²) in [6.07, 6.45) is 0.114. The van der Waals surface area contributed by atoms with E-state index in [2.05, 4.69) is 20.6 Å². The minimum atomic E-state index is -0.363. The van der Waals surface area contributed by atoms with Gasteiger partial charge in [0.05, 0.1) is 17.3 Å². The van der Waals surface area contributed by atoms with Crippen molar-refractivity contribution < 1.29 is 9.18 Å². The molecule has 1 amide bonds. The number of anilines is 1. The van der Waals surface area contributed by atoms with Crippen molar-refractivity contribution in [3.8, 4) is 0 Å². The number of benzene rings is 2. The fourth-order valence-electron chi connectivity index (χ4n) is 2.45. The van der Waals surface area contributed by atoms with Gasteiger partial charge in [-0.2, -0.15) is 0 Å². The second-order valence-corrected chi connectivity index (χ2v) is 5.52. The third-order valence-electron chi connectivity index (χ3n) is 3.61. The van der Waals surface area contributed by atoms with Crippen LogP contribution >= 0.6 is 0 Å². The van der Waals surface area contributed by atoms with Gasteiger partial charge in [0, 0.05) is 13.1 Å². The Morgan fingerprint density at radius 1 is 1.12 bits per heavy atom. The normalized spacial score (nSPS) is 10.6. The lowest BCUT2D eigenvalue weighted by Gasteiger charge is -2.08. The zero-order valence-electron chi connectivity index (χ0n) is 13.4. The molecule has 0 aliphatic carbocycles. The van der Waals surface area contributed by atoms with Crippen LogP contribution in [0.4, 0.5) is 10.3 Å². The van der Waals surface area contributed by atoms with Crippen LogP contribution in [-0.4, -0.2) is 29.0 Å². The number of H-pyrrole nitrogens is 1. The summed E-state index contributed by atoms with van der Waals surface area (Å²) in [5.41, 5.74) is 0.998. The van der Waals surface area contributed by atoms with Crippen molar-refractivity contribution in [3.63, 3.8) is 0 Å². The van der Waals surface area contributed by atoms with Crippen LogP contribution in [0.3, 0.4) is 0 Å². The highest BCUT2D eigenvalue weighted by Gasteiger charge is 2.05. The number of aromatic nitrogens is 2. The van der Waals surface area contributed by atoms with E-state index in [0.717, 1.165) is 0 Å². The van der Waals surface area contributed by atoms with Crippen LogP contribution in [0.1, 0.15) is 5.56 Å². The van der Waals surface area contributed by atoms with Gasteiger partial charge in [-0.1, -0.05) is 24.3 Å². The SMILES string of the molecule is O=C(Cc1cccc(F)c1)NCCNc1nc2ccccc2c(=O)[nH]1. The van der Waals surface area contributed by atoms with Crippen molar-refractivity contribution in [2.24, 2.45) is 0 Å². The number of carbonyl (C=O) groups is 1. The predicted molar refractivity (Wildman–Crippen MR) is 94.0 cm³/mol. The maximum absolute atomic E-state index is 13.1. The molecule has 1 heterocycles. The molecule has 0 fully saturated rings. The van der Waals surface area contributed by atoms with E-state index in [9.17, 15) is 14.0 Å². The van der Waals surface area contributed by atoms with Gasteiger partial charge in [-0.05, 0) is 29.8 Å². The summed E-state index contributed by atoms with van der Waals surface area (Å²) in [6.45, 7) is 0.751. The number of nitrogens with zero attached hydrogens (tertiary/aromatic N) is 1. The van der Waals surface area contributed by atoms with E-state index in [1.807, 2.05) is 6.07 Å². The maximum atomic E-state index is 13.1. The molecule has 0 saturated carbocycles. The van der Waals surface area contributed by atoms with Gasteiger partial charge in [0.2, 0.25) is 11.9 Å². The Labute approximate surface area is 143 Å². The molecule has 0 unspecified atom stereocenters. The first-order chi connectivity index (χ1) is 12.1. The molecule has 0 aliphatic heterocycles. The third kappa shape index (κ3) is 4.41. The summed E-state index contributed by atoms with van der Waals surface area (Å²) >= 11 is 0. The molecule has 1 aromatic heterocycles. The fraction of sp³-hybridized carbons (Fsp3) is 0.167. The van der Waals surface area contributed by atoms with Gasteiger partial charge >= 0.3 is 0 Å². The lowest BCUT2D eigenvalue weighted by Crippen LogP contribution is -2.30. The lowest BCUT2D eigenvalue weighted by molar-refractivity contribution is -0.120. The Bertz CT molecular complexity index is 955. The molecular formula is C18H17FN4O2. The van der Waals surface area contributed by atoms with Crippen LogP contribution in [0.25, 0.3) is 10.9 Å². The van der Waals surface area contributed by atoms with Crippen LogP contribution in [-0.2, 0) is 11.2 Å². The van der Waals surface area contributed by atoms with Crippen LogP contribution in [0, 0.1) is 5.82 Å². The highest BCUT2D eigenvalue weighted by Crippen LogP contribution is 2.07. The molecule has 3 rings (SSSR count). The standard InChI is InChI=1S/C18H17FN4O2/c19-13-5-3-4-12(10-13)11-16(24)20-8-9-21-18-22-15-7-2-1-6-14(15)17(25)23-18/h1-7,10H,8-9,11H2,(H,20,24)(H2,21,22,23,25). The second kappa shape index (κ2) is 7.57. The molecule has 0 aliphatic rings. The van der Waals surface area contributed by atoms with Gasteiger partial charge < -0.3 is 10.6 Å². The Kier molecular flexibility index (Phi) is 5.03. The maximum Gasteiger partial charge on any atom is 0.260 e. The van der Waals surface area contributed by atoms with Crippen LogP contribution < -0.4 is 16.2 Å². The molecule has 6 nitrogen and oxygen atoms in total. The molecule has 3 N–H and O–H groups in total. The molecule has 0 bridgehead atoms. The fourth-order valence-corrected chi connectivity index (χ4v) is 2.45. The predicted octanol–water partition coefficient (Wildman–Crippen LogP) is 1.83. The number of carbonyl (C=O) groups excluding carboxylic acids is 1. The van der Waals surface area contributed by atoms with Gasteiger partial charge in [0.25, 0.3) is 5.56 Å². The molecule has 128 valence electrons. The number of nitrogens with one attached hydrogen (secondary N) is 3. The Morgan fingerprint density at radius 3 is 2.80 bits per heavy atom. The highest BCUT2D eigenvalue weighted by molar-refractivity contribution is 5.79. The van der Waals surface area contributed by atoms with Crippen molar-refractivity contribution in [3.05, 3.63) is 70.3 Å². The Hall–Kier alpha value is -3.22. The largest absolute Gasteiger partial charge is 0.354 e. The van der Waals surface area contributed by atoms with E-state index in [4.69, 9.17) is 0 Å². The smallest absolute Gasteiger partial charge is 0.260 e. The zero-order chi connectivity index (χ0) is 17.6. The number of fused-ring (bicyclic) bond motifs is 1. The van der Waals surface area contributed by atoms with Gasteiger partial charge in [-0.15, -0.1) is 0 Å². The van der Waals surface area contributed by atoms with Gasteiger partial charge in [0.1, 0.15) is 5.82 Å². The molecular weight excluding hydrogens is 323 g/mol. The lowest BCUT2D eigenvalue weighted by atomic mass is 10.1. The number of rotatable bonds is 6. The number of para-hydroxylation sites is 1. The Balaban J connectivity index is 1.50. The molecule has 0 radical (unpaired) electrons. The highest BCUT2D eigenvalue weighted by atomic mass is 19.1. The Morgan fingerprint density at radius 2 is 1.96 bits per heavy atom. The minimum Gasteiger partial charge on any atom is -0.354 e. The van der Waals surface area contributed by atoms with Crippen molar-refractivity contribution in [1.82, 2.24) is 15.3 Å². The summed E-state index contributed by atoms with van der Waals surface area (Å²) < 4.78 is 13.1. The number of halogens is 1. The molecule has 3 aromatic rings. The molecule has 0 saturated heterocycles. The van der Waals surface area contributed by atoms with Gasteiger partial charge in [-0.25, -0.2) is 9.37 Å². The van der Waals surface area contributed by atoms with E-state index < -0.39 is 0 Å². The quantitative estimate of drug-likeness (QED) is 0.598. The van der Waals surface area contributed by atoms with E-state index in [1.54, 1.807) is 30.3 Å². The molecule has 0 spiro atoms. The van der Waals surface area contributed by atoms with Crippen LogP contribution in [0.2, 0.25) is 0 Å². The molecule has 7 heteroatoms. The van der Waals surface area contributed by atoms with E-state index in [1.165, 1.54) is 12.1 Å². The second-order valence-electron chi connectivity index (χ2n) is 5.52. The monoisotopic (exact) mass is 340 g/mol. The van der Waals surface area contributed by atoms with Gasteiger partial charge in [0.15, 0.2) is 0 Å². The summed E-state index contributed by atoms with van der Waals surface area (Å²) in [7, 11) is 0. The summed E-state index contributed by atoms with van der Waals surface area (Å²) in [4.78, 5) is 30.7. The van der Waals surface area contributed by atoms with Crippen molar-refractivity contribution >= 4 is 22.8 Å². The topological polar surface area (TPSA) is 86.9 Å². The molecule has 0 atom stereocenters. The summed E-state index contributed by atoms with van der Waals surface area (Å²) in [6, 6.07) is 13.0. The number of aromatic amines is 1. The van der Waals surface area contributed by atoms with Crippen molar-refractivity contribution in [1.29, 1.82) is 0 Å². The average molecular weight is 340 g/mol. The average Bonchev–Trinajstić information content (AvgIpc) is 2.59. The zero-order valence-corrected chi connectivity index (χ0v) is 13.4. The number of hydrogen-bond acceptors (Lipinski definition) is 4. The van der Waals surface area contributed by atoms with Crippen molar-refractivity contribution in [2.75, 3.05) is 18.4 Å². The van der Waals surface area contributed by atoms with Crippen LogP contribution in [0.15, 0.2) is 53.3 Å². The minimum absolute atomic E-state index is 0.114. The molecule has 2 aromatic carbocycles. The number of hydrogen-bond donors (Lipinski definition) is 3.